The molecule has 7 nitrogen and oxygen atoms in total. The number of nitrogens with one attached hydrogen (secondary N) is 1. The molecular weight excluding hydrogens is 432 g/mol. The van der Waals surface area contributed by atoms with Gasteiger partial charge < -0.3 is 19.4 Å². The number of carbonyl (C=O) groups excluding carboxylic acids is 1. The SMILES string of the molecule is C[C@@H](NC(=O)CSc1nnc(Cc2cccs2)n1C1CC1)c1ccc2c(c1)OCCO2. The van der Waals surface area contributed by atoms with E-state index in [1.807, 2.05) is 25.1 Å². The van der Waals surface area contributed by atoms with Gasteiger partial charge in [-0.3, -0.25) is 4.79 Å². The fourth-order valence-electron chi connectivity index (χ4n) is 3.62. The first kappa shape index (κ1) is 20.4. The van der Waals surface area contributed by atoms with Crippen LogP contribution in [0.25, 0.3) is 0 Å². The molecule has 162 valence electrons. The van der Waals surface area contributed by atoms with Crippen LogP contribution < -0.4 is 14.8 Å². The molecule has 0 spiro atoms. The van der Waals surface area contributed by atoms with Gasteiger partial charge in [0.2, 0.25) is 5.91 Å². The molecule has 1 aromatic carbocycles. The summed E-state index contributed by atoms with van der Waals surface area (Å²) >= 11 is 3.18. The Hall–Kier alpha value is -2.52. The lowest BCUT2D eigenvalue weighted by molar-refractivity contribution is -0.119. The second-order valence-corrected chi connectivity index (χ2v) is 9.71. The van der Waals surface area contributed by atoms with Gasteiger partial charge in [0.25, 0.3) is 0 Å². The summed E-state index contributed by atoms with van der Waals surface area (Å²) < 4.78 is 13.4. The first-order valence-corrected chi connectivity index (χ1v) is 12.3. The smallest absolute Gasteiger partial charge is 0.230 e. The maximum absolute atomic E-state index is 12.6. The van der Waals surface area contributed by atoms with Gasteiger partial charge >= 0.3 is 0 Å². The summed E-state index contributed by atoms with van der Waals surface area (Å²) in [6.45, 7) is 3.08. The molecule has 0 saturated heterocycles. The van der Waals surface area contributed by atoms with E-state index < -0.39 is 0 Å². The van der Waals surface area contributed by atoms with E-state index in [2.05, 4.69) is 37.6 Å². The Balaban J connectivity index is 1.20. The number of ether oxygens (including phenoxy) is 2. The Kier molecular flexibility index (Phi) is 5.87. The van der Waals surface area contributed by atoms with Crippen molar-refractivity contribution in [2.45, 2.75) is 43.4 Å². The van der Waals surface area contributed by atoms with Gasteiger partial charge in [0.1, 0.15) is 19.0 Å². The van der Waals surface area contributed by atoms with Crippen LogP contribution in [-0.4, -0.2) is 39.6 Å². The number of thioether (sulfide) groups is 1. The molecule has 1 aliphatic carbocycles. The zero-order chi connectivity index (χ0) is 21.2. The monoisotopic (exact) mass is 456 g/mol. The first-order chi connectivity index (χ1) is 15.2. The molecule has 2 aromatic heterocycles. The van der Waals surface area contributed by atoms with Crippen molar-refractivity contribution in [1.82, 2.24) is 20.1 Å². The van der Waals surface area contributed by atoms with Crippen LogP contribution in [0.4, 0.5) is 0 Å². The van der Waals surface area contributed by atoms with Crippen LogP contribution in [-0.2, 0) is 11.2 Å². The molecule has 2 aliphatic rings. The minimum absolute atomic E-state index is 0.0301. The van der Waals surface area contributed by atoms with Gasteiger partial charge in [-0.05, 0) is 48.9 Å². The standard InChI is InChI=1S/C22H24N4O3S2/c1-14(15-4-7-18-19(11-15)29-9-8-28-18)23-21(27)13-31-22-25-24-20(26(22)16-5-6-16)12-17-3-2-10-30-17/h2-4,7,10-11,14,16H,5-6,8-9,12-13H2,1H3,(H,23,27)/t14-/m1/s1. The second kappa shape index (κ2) is 8.92. The summed E-state index contributed by atoms with van der Waals surface area (Å²) in [5.74, 6) is 2.74. The van der Waals surface area contributed by atoms with E-state index in [4.69, 9.17) is 9.47 Å². The van der Waals surface area contributed by atoms with Crippen molar-refractivity contribution in [3.63, 3.8) is 0 Å². The van der Waals surface area contributed by atoms with Crippen molar-refractivity contribution < 1.29 is 14.3 Å². The molecule has 1 saturated carbocycles. The predicted octanol–water partition coefficient (Wildman–Crippen LogP) is 4.01. The molecule has 3 heterocycles. The minimum Gasteiger partial charge on any atom is -0.486 e. The molecule has 1 aliphatic heterocycles. The van der Waals surface area contributed by atoms with Gasteiger partial charge in [0.05, 0.1) is 11.8 Å². The number of fused-ring (bicyclic) bond motifs is 1. The zero-order valence-electron chi connectivity index (χ0n) is 17.2. The average Bonchev–Trinajstić information content (AvgIpc) is 3.33. The van der Waals surface area contributed by atoms with Gasteiger partial charge in [-0.15, -0.1) is 21.5 Å². The van der Waals surface area contributed by atoms with Crippen LogP contribution in [0.5, 0.6) is 11.5 Å². The quantitative estimate of drug-likeness (QED) is 0.516. The summed E-state index contributed by atoms with van der Waals surface area (Å²) in [6.07, 6.45) is 3.09. The van der Waals surface area contributed by atoms with Gasteiger partial charge in [-0.1, -0.05) is 23.9 Å². The Morgan fingerprint density at radius 2 is 2.10 bits per heavy atom. The summed E-state index contributed by atoms with van der Waals surface area (Å²) in [7, 11) is 0. The minimum atomic E-state index is -0.125. The van der Waals surface area contributed by atoms with Crippen molar-refractivity contribution in [3.05, 3.63) is 52.0 Å². The lowest BCUT2D eigenvalue weighted by Crippen LogP contribution is -2.28. The number of aromatic nitrogens is 3. The van der Waals surface area contributed by atoms with Crippen LogP contribution in [0.15, 0.2) is 40.9 Å². The number of rotatable bonds is 8. The van der Waals surface area contributed by atoms with Crippen LogP contribution in [0.1, 0.15) is 48.1 Å². The molecule has 5 rings (SSSR count). The molecule has 3 aromatic rings. The molecular formula is C22H24N4O3S2. The molecule has 0 bridgehead atoms. The van der Waals surface area contributed by atoms with Crippen LogP contribution in [0.3, 0.4) is 0 Å². The maximum Gasteiger partial charge on any atom is 0.230 e. The fourth-order valence-corrected chi connectivity index (χ4v) is 5.16. The Labute approximate surface area is 189 Å². The molecule has 1 amide bonds. The molecule has 1 atom stereocenters. The zero-order valence-corrected chi connectivity index (χ0v) is 18.9. The third-order valence-electron chi connectivity index (χ3n) is 5.34. The van der Waals surface area contributed by atoms with E-state index >= 15 is 0 Å². The lowest BCUT2D eigenvalue weighted by Gasteiger charge is -2.21. The number of nitrogens with zero attached hydrogens (tertiary/aromatic N) is 3. The summed E-state index contributed by atoms with van der Waals surface area (Å²) in [5, 5.41) is 14.8. The largest absolute Gasteiger partial charge is 0.486 e. The van der Waals surface area contributed by atoms with Crippen LogP contribution in [0, 0.1) is 0 Å². The molecule has 9 heteroatoms. The predicted molar refractivity (Wildman–Crippen MR) is 120 cm³/mol. The highest BCUT2D eigenvalue weighted by Crippen LogP contribution is 2.39. The Morgan fingerprint density at radius 1 is 1.26 bits per heavy atom. The number of carbonyl (C=O) groups is 1. The number of amides is 1. The number of benzene rings is 1. The van der Waals surface area contributed by atoms with Gasteiger partial charge in [-0.2, -0.15) is 0 Å². The van der Waals surface area contributed by atoms with Crippen LogP contribution in [0.2, 0.25) is 0 Å². The number of hydrogen-bond acceptors (Lipinski definition) is 7. The fraction of sp³-hybridized carbons (Fsp3) is 0.409. The summed E-state index contributed by atoms with van der Waals surface area (Å²) in [6, 6.07) is 10.3. The van der Waals surface area contributed by atoms with E-state index in [1.54, 1.807) is 11.3 Å². The third-order valence-corrected chi connectivity index (χ3v) is 7.16. The summed E-state index contributed by atoms with van der Waals surface area (Å²) in [4.78, 5) is 13.9. The van der Waals surface area contributed by atoms with E-state index in [1.165, 1.54) is 16.6 Å². The van der Waals surface area contributed by atoms with E-state index in [0.717, 1.165) is 47.3 Å². The van der Waals surface area contributed by atoms with Gasteiger partial charge in [0, 0.05) is 17.3 Å². The highest BCUT2D eigenvalue weighted by atomic mass is 32.2. The maximum atomic E-state index is 12.6. The molecule has 0 unspecified atom stereocenters. The van der Waals surface area contributed by atoms with Gasteiger partial charge in [0.15, 0.2) is 16.7 Å². The highest BCUT2D eigenvalue weighted by Gasteiger charge is 2.30. The Bertz CT molecular complexity index is 1060. The lowest BCUT2D eigenvalue weighted by atomic mass is 10.1. The van der Waals surface area contributed by atoms with E-state index in [0.29, 0.717) is 25.0 Å². The van der Waals surface area contributed by atoms with E-state index in [9.17, 15) is 4.79 Å². The topological polar surface area (TPSA) is 78.3 Å². The van der Waals surface area contributed by atoms with Crippen molar-refractivity contribution in [2.24, 2.45) is 0 Å². The van der Waals surface area contributed by atoms with Crippen LogP contribution >= 0.6 is 23.1 Å². The van der Waals surface area contributed by atoms with Crippen molar-refractivity contribution >= 4 is 29.0 Å². The normalized spacial score (nSPS) is 16.2. The summed E-state index contributed by atoms with van der Waals surface area (Å²) in [5.41, 5.74) is 0.988. The molecule has 0 radical (unpaired) electrons. The molecule has 31 heavy (non-hydrogen) atoms. The number of hydrogen-bond donors (Lipinski definition) is 1. The third kappa shape index (κ3) is 4.72. The first-order valence-electron chi connectivity index (χ1n) is 10.5. The van der Waals surface area contributed by atoms with E-state index in [-0.39, 0.29) is 11.9 Å². The molecule has 1 N–H and O–H groups in total. The van der Waals surface area contributed by atoms with Crippen molar-refractivity contribution in [3.8, 4) is 11.5 Å². The Morgan fingerprint density at radius 3 is 2.87 bits per heavy atom. The van der Waals surface area contributed by atoms with Gasteiger partial charge in [-0.25, -0.2) is 0 Å². The second-order valence-electron chi connectivity index (χ2n) is 7.74. The average molecular weight is 457 g/mol. The number of thiophene rings is 1. The van der Waals surface area contributed by atoms with Crippen molar-refractivity contribution in [1.29, 1.82) is 0 Å². The highest BCUT2D eigenvalue weighted by molar-refractivity contribution is 7.99. The van der Waals surface area contributed by atoms with Crippen molar-refractivity contribution in [2.75, 3.05) is 19.0 Å². The molecule has 1 fully saturated rings.